The average molecular weight is 396 g/mol. The number of aromatic nitrogens is 2. The van der Waals surface area contributed by atoms with E-state index in [9.17, 15) is 9.90 Å². The van der Waals surface area contributed by atoms with Gasteiger partial charge in [0.15, 0.2) is 0 Å². The topological polar surface area (TPSA) is 76.4 Å². The van der Waals surface area contributed by atoms with Gasteiger partial charge in [-0.3, -0.25) is 4.79 Å². The number of hydrogen-bond acceptors (Lipinski definition) is 4. The van der Waals surface area contributed by atoms with Crippen molar-refractivity contribution in [2.45, 2.75) is 63.7 Å². The Balaban J connectivity index is 1.41. The standard InChI is InChI=1S/C23H29N3O3/c1-23(2,28)14-29-19-8-6-17(7-9-19)25-22(27)21-13-18(26-11-10-24-15-26)12-16-4-3-5-20(16)21/h3-4,10-13,15,17,19,28H,5-9,14H2,1-2H3,(H,25,27). The molecule has 1 fully saturated rings. The predicted molar refractivity (Wildman–Crippen MR) is 112 cm³/mol. The quantitative estimate of drug-likeness (QED) is 0.787. The summed E-state index contributed by atoms with van der Waals surface area (Å²) in [6.45, 7) is 3.85. The van der Waals surface area contributed by atoms with Crippen LogP contribution in [0, 0.1) is 0 Å². The first kappa shape index (κ1) is 19.9. The number of hydrogen-bond donors (Lipinski definition) is 2. The molecule has 29 heavy (non-hydrogen) atoms. The molecule has 2 N–H and O–H groups in total. The number of benzene rings is 1. The van der Waals surface area contributed by atoms with Crippen LogP contribution in [0.1, 0.15) is 61.0 Å². The number of imidazole rings is 1. The molecule has 0 atom stereocenters. The second-order valence-corrected chi connectivity index (χ2v) is 8.71. The molecule has 0 aliphatic heterocycles. The molecular formula is C23H29N3O3. The first-order valence-electron chi connectivity index (χ1n) is 10.4. The highest BCUT2D eigenvalue weighted by molar-refractivity contribution is 5.98. The number of allylic oxidation sites excluding steroid dienone is 1. The van der Waals surface area contributed by atoms with Crippen molar-refractivity contribution in [2.24, 2.45) is 0 Å². The third-order valence-electron chi connectivity index (χ3n) is 5.62. The summed E-state index contributed by atoms with van der Waals surface area (Å²) in [5.74, 6) is -0.00669. The number of carbonyl (C=O) groups excluding carboxylic acids is 1. The zero-order valence-electron chi connectivity index (χ0n) is 17.1. The third kappa shape index (κ3) is 4.77. The molecule has 1 amide bonds. The zero-order valence-corrected chi connectivity index (χ0v) is 17.1. The van der Waals surface area contributed by atoms with E-state index in [2.05, 4.69) is 28.5 Å². The van der Waals surface area contributed by atoms with Crippen molar-refractivity contribution in [3.05, 3.63) is 53.6 Å². The first-order valence-corrected chi connectivity index (χ1v) is 10.4. The fraction of sp³-hybridized carbons (Fsp3) is 0.478. The Bertz CT molecular complexity index is 889. The van der Waals surface area contributed by atoms with Crippen LogP contribution in [0.4, 0.5) is 0 Å². The van der Waals surface area contributed by atoms with Gasteiger partial charge in [-0.05, 0) is 69.2 Å². The number of nitrogens with one attached hydrogen (secondary N) is 1. The van der Waals surface area contributed by atoms with E-state index in [0.29, 0.717) is 6.61 Å². The monoisotopic (exact) mass is 395 g/mol. The number of nitrogens with zero attached hydrogens (tertiary/aromatic N) is 2. The van der Waals surface area contributed by atoms with Crippen molar-refractivity contribution in [2.75, 3.05) is 6.61 Å². The van der Waals surface area contributed by atoms with E-state index in [0.717, 1.165) is 54.5 Å². The van der Waals surface area contributed by atoms with Gasteiger partial charge in [0.25, 0.3) is 5.91 Å². The minimum Gasteiger partial charge on any atom is -0.388 e. The summed E-state index contributed by atoms with van der Waals surface area (Å²) >= 11 is 0. The minimum absolute atomic E-state index is 0.00669. The van der Waals surface area contributed by atoms with Gasteiger partial charge in [-0.1, -0.05) is 12.2 Å². The van der Waals surface area contributed by atoms with Crippen molar-refractivity contribution in [1.29, 1.82) is 0 Å². The third-order valence-corrected chi connectivity index (χ3v) is 5.62. The van der Waals surface area contributed by atoms with Gasteiger partial charge in [0, 0.05) is 29.7 Å². The lowest BCUT2D eigenvalue weighted by molar-refractivity contribution is -0.0640. The van der Waals surface area contributed by atoms with Crippen LogP contribution in [0.3, 0.4) is 0 Å². The Morgan fingerprint density at radius 2 is 2.10 bits per heavy atom. The van der Waals surface area contributed by atoms with E-state index in [1.807, 2.05) is 16.8 Å². The van der Waals surface area contributed by atoms with Gasteiger partial charge in [-0.15, -0.1) is 0 Å². The normalized spacial score (nSPS) is 21.2. The van der Waals surface area contributed by atoms with Gasteiger partial charge < -0.3 is 19.7 Å². The maximum Gasteiger partial charge on any atom is 0.251 e. The van der Waals surface area contributed by atoms with Crippen molar-refractivity contribution in [1.82, 2.24) is 14.9 Å². The van der Waals surface area contributed by atoms with E-state index >= 15 is 0 Å². The van der Waals surface area contributed by atoms with Crippen LogP contribution in [-0.2, 0) is 11.2 Å². The van der Waals surface area contributed by atoms with Gasteiger partial charge >= 0.3 is 0 Å². The van der Waals surface area contributed by atoms with Crippen molar-refractivity contribution in [3.8, 4) is 5.69 Å². The van der Waals surface area contributed by atoms with E-state index < -0.39 is 5.60 Å². The molecule has 0 radical (unpaired) electrons. The predicted octanol–water partition coefficient (Wildman–Crippen LogP) is 3.27. The summed E-state index contributed by atoms with van der Waals surface area (Å²) in [5, 5.41) is 13.1. The van der Waals surface area contributed by atoms with Crippen LogP contribution in [0.15, 0.2) is 36.9 Å². The molecular weight excluding hydrogens is 366 g/mol. The van der Waals surface area contributed by atoms with Crippen LogP contribution >= 0.6 is 0 Å². The van der Waals surface area contributed by atoms with Crippen LogP contribution in [0.25, 0.3) is 11.8 Å². The van der Waals surface area contributed by atoms with Crippen LogP contribution in [-0.4, -0.2) is 44.9 Å². The van der Waals surface area contributed by atoms with E-state index in [-0.39, 0.29) is 18.1 Å². The Labute approximate surface area is 171 Å². The fourth-order valence-electron chi connectivity index (χ4n) is 4.08. The molecule has 1 aromatic heterocycles. The van der Waals surface area contributed by atoms with E-state index in [1.54, 1.807) is 26.4 Å². The molecule has 4 rings (SSSR count). The molecule has 0 saturated heterocycles. The molecule has 0 bridgehead atoms. The highest BCUT2D eigenvalue weighted by Gasteiger charge is 2.26. The summed E-state index contributed by atoms with van der Waals surface area (Å²) < 4.78 is 7.75. The Morgan fingerprint density at radius 3 is 2.79 bits per heavy atom. The molecule has 1 aromatic carbocycles. The molecule has 2 aliphatic carbocycles. The number of rotatable bonds is 6. The molecule has 6 nitrogen and oxygen atoms in total. The molecule has 2 aromatic rings. The molecule has 0 spiro atoms. The van der Waals surface area contributed by atoms with Crippen molar-refractivity contribution in [3.63, 3.8) is 0 Å². The summed E-state index contributed by atoms with van der Waals surface area (Å²) in [5.41, 5.74) is 3.08. The molecule has 6 heteroatoms. The number of carbonyl (C=O) groups is 1. The first-order chi connectivity index (χ1) is 13.9. The Kier molecular flexibility index (Phi) is 5.56. The lowest BCUT2D eigenvalue weighted by atomic mass is 9.92. The molecule has 1 heterocycles. The van der Waals surface area contributed by atoms with Crippen LogP contribution in [0.2, 0.25) is 0 Å². The molecule has 2 aliphatic rings. The van der Waals surface area contributed by atoms with E-state index in [4.69, 9.17) is 4.74 Å². The van der Waals surface area contributed by atoms with Gasteiger partial charge in [-0.25, -0.2) is 4.98 Å². The maximum absolute atomic E-state index is 13.1. The lowest BCUT2D eigenvalue weighted by Crippen LogP contribution is -2.40. The zero-order chi connectivity index (χ0) is 20.4. The SMILES string of the molecule is CC(C)(O)COC1CCC(NC(=O)c2cc(-n3ccnc3)cc3c2CC=C3)CC1. The Morgan fingerprint density at radius 1 is 1.31 bits per heavy atom. The average Bonchev–Trinajstić information content (AvgIpc) is 3.37. The Hall–Kier alpha value is -2.44. The largest absolute Gasteiger partial charge is 0.388 e. The molecule has 154 valence electrons. The van der Waals surface area contributed by atoms with Gasteiger partial charge in [-0.2, -0.15) is 0 Å². The van der Waals surface area contributed by atoms with Crippen molar-refractivity contribution < 1.29 is 14.6 Å². The van der Waals surface area contributed by atoms with Gasteiger partial charge in [0.2, 0.25) is 0 Å². The van der Waals surface area contributed by atoms with Crippen LogP contribution in [0.5, 0.6) is 0 Å². The van der Waals surface area contributed by atoms with Crippen molar-refractivity contribution >= 4 is 12.0 Å². The lowest BCUT2D eigenvalue weighted by Gasteiger charge is -2.31. The number of aliphatic hydroxyl groups is 1. The highest BCUT2D eigenvalue weighted by atomic mass is 16.5. The summed E-state index contributed by atoms with van der Waals surface area (Å²) in [7, 11) is 0. The van der Waals surface area contributed by atoms with Crippen LogP contribution < -0.4 is 5.32 Å². The summed E-state index contributed by atoms with van der Waals surface area (Å²) in [6, 6.07) is 4.22. The smallest absolute Gasteiger partial charge is 0.251 e. The summed E-state index contributed by atoms with van der Waals surface area (Å²) in [6.07, 6.45) is 14.1. The van der Waals surface area contributed by atoms with E-state index in [1.165, 1.54) is 0 Å². The van der Waals surface area contributed by atoms with Gasteiger partial charge in [0.1, 0.15) is 0 Å². The number of ether oxygens (including phenoxy) is 1. The number of amides is 1. The summed E-state index contributed by atoms with van der Waals surface area (Å²) in [4.78, 5) is 17.2. The molecule has 1 saturated carbocycles. The molecule has 0 unspecified atom stereocenters. The second-order valence-electron chi connectivity index (χ2n) is 8.71. The fourth-order valence-corrected chi connectivity index (χ4v) is 4.08. The highest BCUT2D eigenvalue weighted by Crippen LogP contribution is 2.28. The maximum atomic E-state index is 13.1. The second kappa shape index (κ2) is 8.13. The minimum atomic E-state index is -0.806. The number of fused-ring (bicyclic) bond motifs is 1. The van der Waals surface area contributed by atoms with Gasteiger partial charge in [0.05, 0.1) is 24.6 Å².